The Morgan fingerprint density at radius 1 is 1.38 bits per heavy atom. The molecular formula is C9H14ClN3. The van der Waals surface area contributed by atoms with Crippen LogP contribution in [0.4, 0.5) is 5.82 Å². The Morgan fingerprint density at radius 3 is 2.62 bits per heavy atom. The fourth-order valence-corrected chi connectivity index (χ4v) is 2.05. The Balaban J connectivity index is 2.14. The van der Waals surface area contributed by atoms with Crippen molar-refractivity contribution in [1.29, 1.82) is 0 Å². The maximum Gasteiger partial charge on any atom is 0.164 e. The van der Waals surface area contributed by atoms with E-state index in [0.717, 1.165) is 0 Å². The fraction of sp³-hybridized carbons (Fsp3) is 0.667. The number of halogens is 1. The summed E-state index contributed by atoms with van der Waals surface area (Å²) in [6.07, 6.45) is 8.19. The third kappa shape index (κ3) is 1.80. The summed E-state index contributed by atoms with van der Waals surface area (Å²) < 4.78 is 1.93. The molecule has 1 fully saturated rings. The SMILES string of the molecule is Nc1nn(C2CCCCC2)cc1Cl. The van der Waals surface area contributed by atoms with Crippen molar-refractivity contribution in [1.82, 2.24) is 9.78 Å². The van der Waals surface area contributed by atoms with Gasteiger partial charge in [0, 0.05) is 6.20 Å². The predicted molar refractivity (Wildman–Crippen MR) is 53.8 cm³/mol. The first kappa shape index (κ1) is 8.88. The normalized spacial score (nSPS) is 19.2. The van der Waals surface area contributed by atoms with E-state index in [1.807, 2.05) is 10.9 Å². The second-order valence-corrected chi connectivity index (χ2v) is 4.04. The first-order valence-corrected chi connectivity index (χ1v) is 5.15. The van der Waals surface area contributed by atoms with Gasteiger partial charge in [-0.05, 0) is 12.8 Å². The van der Waals surface area contributed by atoms with Gasteiger partial charge in [-0.25, -0.2) is 0 Å². The van der Waals surface area contributed by atoms with E-state index in [1.165, 1.54) is 32.1 Å². The van der Waals surface area contributed by atoms with Gasteiger partial charge in [-0.1, -0.05) is 30.9 Å². The third-order valence-electron chi connectivity index (χ3n) is 2.66. The molecule has 0 atom stereocenters. The monoisotopic (exact) mass is 199 g/mol. The quantitative estimate of drug-likeness (QED) is 0.756. The summed E-state index contributed by atoms with van der Waals surface area (Å²) in [6.45, 7) is 0. The zero-order chi connectivity index (χ0) is 9.26. The van der Waals surface area contributed by atoms with E-state index < -0.39 is 0 Å². The van der Waals surface area contributed by atoms with Gasteiger partial charge >= 0.3 is 0 Å². The van der Waals surface area contributed by atoms with Crippen molar-refractivity contribution in [3.8, 4) is 0 Å². The van der Waals surface area contributed by atoms with Crippen LogP contribution in [0.1, 0.15) is 38.1 Å². The van der Waals surface area contributed by atoms with Crippen LogP contribution >= 0.6 is 11.6 Å². The molecule has 4 heteroatoms. The lowest BCUT2D eigenvalue weighted by molar-refractivity contribution is 0.330. The Labute approximate surface area is 82.9 Å². The minimum Gasteiger partial charge on any atom is -0.381 e. The van der Waals surface area contributed by atoms with Crippen LogP contribution in [0.3, 0.4) is 0 Å². The van der Waals surface area contributed by atoms with Crippen LogP contribution in [0.15, 0.2) is 6.20 Å². The predicted octanol–water partition coefficient (Wildman–Crippen LogP) is 2.62. The van der Waals surface area contributed by atoms with E-state index in [-0.39, 0.29) is 0 Å². The minimum atomic E-state index is 0.451. The van der Waals surface area contributed by atoms with Crippen LogP contribution < -0.4 is 5.73 Å². The summed E-state index contributed by atoms with van der Waals surface area (Å²) in [5.41, 5.74) is 5.58. The van der Waals surface area contributed by atoms with Gasteiger partial charge in [-0.3, -0.25) is 4.68 Å². The lowest BCUT2D eigenvalue weighted by atomic mass is 9.96. The Morgan fingerprint density at radius 2 is 2.08 bits per heavy atom. The molecule has 1 saturated carbocycles. The molecule has 72 valence electrons. The average molecular weight is 200 g/mol. The highest BCUT2D eigenvalue weighted by Gasteiger charge is 2.16. The molecule has 1 aliphatic rings. The maximum atomic E-state index is 5.84. The van der Waals surface area contributed by atoms with Gasteiger partial charge in [0.15, 0.2) is 5.82 Å². The van der Waals surface area contributed by atoms with E-state index in [0.29, 0.717) is 16.9 Å². The number of rotatable bonds is 1. The average Bonchev–Trinajstić information content (AvgIpc) is 2.49. The van der Waals surface area contributed by atoms with Crippen molar-refractivity contribution >= 4 is 17.4 Å². The fourth-order valence-electron chi connectivity index (χ4n) is 1.92. The second kappa shape index (κ2) is 3.58. The molecule has 0 bridgehead atoms. The second-order valence-electron chi connectivity index (χ2n) is 3.63. The highest BCUT2D eigenvalue weighted by molar-refractivity contribution is 6.32. The van der Waals surface area contributed by atoms with Gasteiger partial charge in [-0.2, -0.15) is 5.10 Å². The number of hydrogen-bond acceptors (Lipinski definition) is 2. The highest BCUT2D eigenvalue weighted by Crippen LogP contribution is 2.29. The van der Waals surface area contributed by atoms with Gasteiger partial charge in [0.1, 0.15) is 5.02 Å². The van der Waals surface area contributed by atoms with Gasteiger partial charge in [0.25, 0.3) is 0 Å². The van der Waals surface area contributed by atoms with E-state index in [1.54, 1.807) is 0 Å². The molecule has 1 aliphatic carbocycles. The number of nitrogens with two attached hydrogens (primary N) is 1. The standard InChI is InChI=1S/C9H14ClN3/c10-8-6-13(12-9(8)11)7-4-2-1-3-5-7/h6-7H,1-5H2,(H2,11,12). The number of anilines is 1. The Hall–Kier alpha value is -0.700. The summed E-state index contributed by atoms with van der Waals surface area (Å²) in [6, 6.07) is 0.517. The van der Waals surface area contributed by atoms with Crippen LogP contribution in [-0.2, 0) is 0 Å². The number of aromatic nitrogens is 2. The molecule has 1 aromatic rings. The first-order valence-electron chi connectivity index (χ1n) is 4.77. The molecule has 0 amide bonds. The van der Waals surface area contributed by atoms with Crippen molar-refractivity contribution in [2.75, 3.05) is 5.73 Å². The maximum absolute atomic E-state index is 5.84. The molecule has 0 spiro atoms. The van der Waals surface area contributed by atoms with Gasteiger partial charge < -0.3 is 5.73 Å². The van der Waals surface area contributed by atoms with Crippen molar-refractivity contribution < 1.29 is 0 Å². The smallest absolute Gasteiger partial charge is 0.164 e. The molecule has 2 rings (SSSR count). The van der Waals surface area contributed by atoms with Gasteiger partial charge in [0.2, 0.25) is 0 Å². The minimum absolute atomic E-state index is 0.451. The Kier molecular flexibility index (Phi) is 2.44. The molecule has 0 aromatic carbocycles. The van der Waals surface area contributed by atoms with E-state index in [2.05, 4.69) is 5.10 Å². The summed E-state index contributed by atoms with van der Waals surface area (Å²) in [5.74, 6) is 0.451. The molecule has 1 heterocycles. The van der Waals surface area contributed by atoms with Crippen LogP contribution in [0.5, 0.6) is 0 Å². The summed E-state index contributed by atoms with van der Waals surface area (Å²) >= 11 is 5.84. The van der Waals surface area contributed by atoms with Crippen molar-refractivity contribution in [3.63, 3.8) is 0 Å². The molecule has 0 radical (unpaired) electrons. The topological polar surface area (TPSA) is 43.8 Å². The summed E-state index contributed by atoms with van der Waals surface area (Å²) in [7, 11) is 0. The lowest BCUT2D eigenvalue weighted by Crippen LogP contribution is -2.13. The lowest BCUT2D eigenvalue weighted by Gasteiger charge is -2.21. The van der Waals surface area contributed by atoms with E-state index in [4.69, 9.17) is 17.3 Å². The third-order valence-corrected chi connectivity index (χ3v) is 2.95. The zero-order valence-electron chi connectivity index (χ0n) is 7.54. The summed E-state index contributed by atoms with van der Waals surface area (Å²) in [5, 5.41) is 4.77. The van der Waals surface area contributed by atoms with Crippen molar-refractivity contribution in [2.45, 2.75) is 38.1 Å². The molecule has 0 saturated heterocycles. The molecule has 13 heavy (non-hydrogen) atoms. The van der Waals surface area contributed by atoms with Crippen LogP contribution in [-0.4, -0.2) is 9.78 Å². The Bertz CT molecular complexity index is 270. The van der Waals surface area contributed by atoms with Crippen molar-refractivity contribution in [3.05, 3.63) is 11.2 Å². The van der Waals surface area contributed by atoms with Crippen LogP contribution in [0.25, 0.3) is 0 Å². The van der Waals surface area contributed by atoms with E-state index >= 15 is 0 Å². The molecule has 0 unspecified atom stereocenters. The first-order chi connectivity index (χ1) is 6.27. The molecule has 3 nitrogen and oxygen atoms in total. The molecule has 1 aromatic heterocycles. The number of hydrogen-bond donors (Lipinski definition) is 1. The summed E-state index contributed by atoms with van der Waals surface area (Å²) in [4.78, 5) is 0. The molecular weight excluding hydrogens is 186 g/mol. The number of nitrogen functional groups attached to an aromatic ring is 1. The van der Waals surface area contributed by atoms with Crippen LogP contribution in [0.2, 0.25) is 5.02 Å². The zero-order valence-corrected chi connectivity index (χ0v) is 8.30. The molecule has 2 N–H and O–H groups in total. The van der Waals surface area contributed by atoms with Crippen molar-refractivity contribution in [2.24, 2.45) is 0 Å². The van der Waals surface area contributed by atoms with E-state index in [9.17, 15) is 0 Å². The van der Waals surface area contributed by atoms with Gasteiger partial charge in [-0.15, -0.1) is 0 Å². The number of nitrogens with zero attached hydrogens (tertiary/aromatic N) is 2. The molecule has 0 aliphatic heterocycles. The highest BCUT2D eigenvalue weighted by atomic mass is 35.5. The van der Waals surface area contributed by atoms with Gasteiger partial charge in [0.05, 0.1) is 6.04 Å². The van der Waals surface area contributed by atoms with Crippen LogP contribution in [0, 0.1) is 0 Å². The largest absolute Gasteiger partial charge is 0.381 e.